The van der Waals surface area contributed by atoms with Crippen molar-refractivity contribution in [2.24, 2.45) is 0 Å². The lowest BCUT2D eigenvalue weighted by Gasteiger charge is -2.16. The lowest BCUT2D eigenvalue weighted by molar-refractivity contribution is 0.185. The number of likely N-dealkylation sites (N-methyl/N-ethyl adjacent to an activating group) is 1. The Morgan fingerprint density at radius 3 is 2.76 bits per heavy atom. The molecule has 1 rings (SSSR count). The number of rotatable bonds is 5. The van der Waals surface area contributed by atoms with Gasteiger partial charge in [0.05, 0.1) is 23.1 Å². The fraction of sp³-hybridized carbons (Fsp3) is 0.364. The molecule has 0 saturated heterocycles. The molecule has 0 heterocycles. The average molecular weight is 254 g/mol. The number of hydrogen-bond donors (Lipinski definition) is 0. The zero-order valence-corrected chi connectivity index (χ0v) is 10.6. The first-order chi connectivity index (χ1) is 8.02. The van der Waals surface area contributed by atoms with Gasteiger partial charge in [0.1, 0.15) is 0 Å². The van der Waals surface area contributed by atoms with E-state index in [0.717, 1.165) is 0 Å². The minimum atomic E-state index is -3.54. The van der Waals surface area contributed by atoms with Crippen LogP contribution < -0.4 is 0 Å². The molecule has 0 atom stereocenters. The van der Waals surface area contributed by atoms with Crippen LogP contribution in [0.5, 0.6) is 0 Å². The van der Waals surface area contributed by atoms with E-state index in [9.17, 15) is 8.42 Å². The van der Waals surface area contributed by atoms with Gasteiger partial charge in [-0.25, -0.2) is 8.42 Å². The Balaban J connectivity index is 3.01. The van der Waals surface area contributed by atoms with Crippen molar-refractivity contribution >= 4 is 10.0 Å². The molecule has 5 nitrogen and oxygen atoms in total. The number of hydrogen-bond acceptors (Lipinski definition) is 4. The minimum Gasteiger partial charge on any atom is -0.383 e. The highest BCUT2D eigenvalue weighted by atomic mass is 32.2. The Morgan fingerprint density at radius 1 is 1.47 bits per heavy atom. The molecule has 1 aromatic rings. The fourth-order valence-corrected chi connectivity index (χ4v) is 2.45. The van der Waals surface area contributed by atoms with Gasteiger partial charge in [-0.1, -0.05) is 6.07 Å². The second kappa shape index (κ2) is 5.77. The van der Waals surface area contributed by atoms with Crippen LogP contribution in [0.15, 0.2) is 29.2 Å². The predicted molar refractivity (Wildman–Crippen MR) is 62.8 cm³/mol. The standard InChI is InChI=1S/C11H14N2O3S/c1-13(6-7-16-2)17(14,15)11-5-3-4-10(8-11)9-12/h3-5,8H,6-7H2,1-2H3. The van der Waals surface area contributed by atoms with Gasteiger partial charge < -0.3 is 4.74 Å². The topological polar surface area (TPSA) is 70.4 Å². The Kier molecular flexibility index (Phi) is 4.63. The molecule has 6 heteroatoms. The van der Waals surface area contributed by atoms with Crippen LogP contribution in [0, 0.1) is 11.3 Å². The Morgan fingerprint density at radius 2 is 2.18 bits per heavy atom. The molecule has 0 spiro atoms. The highest BCUT2D eigenvalue weighted by molar-refractivity contribution is 7.89. The predicted octanol–water partition coefficient (Wildman–Crippen LogP) is 0.825. The average Bonchev–Trinajstić information content (AvgIpc) is 2.35. The van der Waals surface area contributed by atoms with Crippen molar-refractivity contribution in [3.63, 3.8) is 0 Å². The molecule has 0 radical (unpaired) electrons. The molecule has 17 heavy (non-hydrogen) atoms. The third kappa shape index (κ3) is 3.27. The smallest absolute Gasteiger partial charge is 0.242 e. The first-order valence-corrected chi connectivity index (χ1v) is 6.42. The zero-order valence-electron chi connectivity index (χ0n) is 9.75. The van der Waals surface area contributed by atoms with Crippen molar-refractivity contribution in [3.05, 3.63) is 29.8 Å². The van der Waals surface area contributed by atoms with Gasteiger partial charge in [0, 0.05) is 20.7 Å². The van der Waals surface area contributed by atoms with Crippen molar-refractivity contribution < 1.29 is 13.2 Å². The number of nitrogens with zero attached hydrogens (tertiary/aromatic N) is 2. The van der Waals surface area contributed by atoms with Crippen LogP contribution in [0.25, 0.3) is 0 Å². The first-order valence-electron chi connectivity index (χ1n) is 4.98. The highest BCUT2D eigenvalue weighted by Gasteiger charge is 2.20. The van der Waals surface area contributed by atoms with Gasteiger partial charge in [0.2, 0.25) is 10.0 Å². The quantitative estimate of drug-likeness (QED) is 0.780. The maximum Gasteiger partial charge on any atom is 0.242 e. The van der Waals surface area contributed by atoms with E-state index in [1.807, 2.05) is 6.07 Å². The maximum atomic E-state index is 12.1. The number of nitriles is 1. The van der Waals surface area contributed by atoms with E-state index in [1.54, 1.807) is 12.1 Å². The van der Waals surface area contributed by atoms with E-state index in [-0.39, 0.29) is 11.4 Å². The van der Waals surface area contributed by atoms with Crippen molar-refractivity contribution in [2.75, 3.05) is 27.3 Å². The van der Waals surface area contributed by atoms with Crippen molar-refractivity contribution in [3.8, 4) is 6.07 Å². The lowest BCUT2D eigenvalue weighted by atomic mass is 10.2. The van der Waals surface area contributed by atoms with Crippen molar-refractivity contribution in [1.82, 2.24) is 4.31 Å². The third-order valence-electron chi connectivity index (χ3n) is 2.28. The van der Waals surface area contributed by atoms with E-state index < -0.39 is 10.0 Å². The molecule has 92 valence electrons. The lowest BCUT2D eigenvalue weighted by Crippen LogP contribution is -2.30. The van der Waals surface area contributed by atoms with E-state index in [1.165, 1.54) is 30.6 Å². The molecule has 0 bridgehead atoms. The van der Waals surface area contributed by atoms with Crippen LogP contribution >= 0.6 is 0 Å². The first kappa shape index (κ1) is 13.6. The summed E-state index contributed by atoms with van der Waals surface area (Å²) in [5.74, 6) is 0. The van der Waals surface area contributed by atoms with Crippen LogP contribution in [0.3, 0.4) is 0 Å². The van der Waals surface area contributed by atoms with Crippen LogP contribution in [0.4, 0.5) is 0 Å². The van der Waals surface area contributed by atoms with Crippen LogP contribution in [0.2, 0.25) is 0 Å². The molecular weight excluding hydrogens is 240 g/mol. The second-order valence-corrected chi connectivity index (χ2v) is 5.50. The van der Waals surface area contributed by atoms with Gasteiger partial charge in [0.25, 0.3) is 0 Å². The van der Waals surface area contributed by atoms with E-state index in [4.69, 9.17) is 10.00 Å². The summed E-state index contributed by atoms with van der Waals surface area (Å²) in [5.41, 5.74) is 0.325. The summed E-state index contributed by atoms with van der Waals surface area (Å²) in [4.78, 5) is 0.121. The summed E-state index contributed by atoms with van der Waals surface area (Å²) in [7, 11) is -0.551. The van der Waals surface area contributed by atoms with E-state index in [2.05, 4.69) is 0 Å². The highest BCUT2D eigenvalue weighted by Crippen LogP contribution is 2.15. The maximum absolute atomic E-state index is 12.1. The van der Waals surface area contributed by atoms with E-state index in [0.29, 0.717) is 12.2 Å². The summed E-state index contributed by atoms with van der Waals surface area (Å²) in [5, 5.41) is 8.73. The molecular formula is C11H14N2O3S. The van der Waals surface area contributed by atoms with Crippen LogP contribution in [-0.4, -0.2) is 40.0 Å². The molecule has 0 unspecified atom stereocenters. The molecule has 0 aliphatic carbocycles. The summed E-state index contributed by atoms with van der Waals surface area (Å²) in [6.07, 6.45) is 0. The molecule has 0 aliphatic heterocycles. The summed E-state index contributed by atoms with van der Waals surface area (Å²) in [6.45, 7) is 0.600. The fourth-order valence-electron chi connectivity index (χ4n) is 1.25. The molecule has 0 fully saturated rings. The van der Waals surface area contributed by atoms with Gasteiger partial charge in [-0.15, -0.1) is 0 Å². The SMILES string of the molecule is COCCN(C)S(=O)(=O)c1cccc(C#N)c1. The summed E-state index contributed by atoms with van der Waals surface area (Å²) >= 11 is 0. The van der Waals surface area contributed by atoms with Crippen molar-refractivity contribution in [2.45, 2.75) is 4.90 Å². The van der Waals surface area contributed by atoms with Gasteiger partial charge >= 0.3 is 0 Å². The molecule has 0 aromatic heterocycles. The summed E-state index contributed by atoms with van der Waals surface area (Å²) < 4.78 is 30.2. The minimum absolute atomic E-state index is 0.121. The van der Waals surface area contributed by atoms with Gasteiger partial charge in [0.15, 0.2) is 0 Å². The summed E-state index contributed by atoms with van der Waals surface area (Å²) in [6, 6.07) is 7.86. The molecule has 0 amide bonds. The van der Waals surface area contributed by atoms with Crippen molar-refractivity contribution in [1.29, 1.82) is 5.26 Å². The van der Waals surface area contributed by atoms with Gasteiger partial charge in [-0.05, 0) is 18.2 Å². The Hall–Kier alpha value is -1.42. The monoisotopic (exact) mass is 254 g/mol. The van der Waals surface area contributed by atoms with Crippen LogP contribution in [-0.2, 0) is 14.8 Å². The van der Waals surface area contributed by atoms with E-state index >= 15 is 0 Å². The third-order valence-corrected chi connectivity index (χ3v) is 4.13. The van der Waals surface area contributed by atoms with Crippen LogP contribution in [0.1, 0.15) is 5.56 Å². The molecule has 0 N–H and O–H groups in total. The number of ether oxygens (including phenoxy) is 1. The molecule has 1 aromatic carbocycles. The molecule has 0 aliphatic rings. The largest absolute Gasteiger partial charge is 0.383 e. The zero-order chi connectivity index (χ0) is 12.9. The second-order valence-electron chi connectivity index (χ2n) is 3.46. The number of methoxy groups -OCH3 is 1. The normalized spacial score (nSPS) is 11.4. The van der Waals surface area contributed by atoms with Gasteiger partial charge in [-0.2, -0.15) is 9.57 Å². The molecule has 0 saturated carbocycles. The van der Waals surface area contributed by atoms with Gasteiger partial charge in [-0.3, -0.25) is 0 Å². The Labute approximate surface area is 101 Å². The Bertz CT molecular complexity index is 520. The number of benzene rings is 1. The number of sulfonamides is 1.